The molecule has 108 valence electrons. The SMILES string of the molecule is CCC[C@H]1c2c(oc3c2CCCC3)C(=O)[C@@H]1C(=O)OC. The summed E-state index contributed by atoms with van der Waals surface area (Å²) in [5, 5.41) is 0. The largest absolute Gasteiger partial charge is 0.468 e. The van der Waals surface area contributed by atoms with Gasteiger partial charge >= 0.3 is 5.97 Å². The minimum atomic E-state index is -0.694. The van der Waals surface area contributed by atoms with Crippen molar-refractivity contribution in [1.29, 1.82) is 0 Å². The molecule has 2 aliphatic rings. The van der Waals surface area contributed by atoms with Crippen LogP contribution in [0.25, 0.3) is 0 Å². The molecule has 4 nitrogen and oxygen atoms in total. The quantitative estimate of drug-likeness (QED) is 0.629. The summed E-state index contributed by atoms with van der Waals surface area (Å²) >= 11 is 0. The van der Waals surface area contributed by atoms with Crippen molar-refractivity contribution in [2.24, 2.45) is 5.92 Å². The first-order valence-electron chi connectivity index (χ1n) is 7.45. The molecule has 0 amide bonds. The van der Waals surface area contributed by atoms with Crippen molar-refractivity contribution in [2.75, 3.05) is 7.11 Å². The van der Waals surface area contributed by atoms with Gasteiger partial charge in [-0.15, -0.1) is 0 Å². The molecule has 0 saturated carbocycles. The van der Waals surface area contributed by atoms with Crippen LogP contribution in [0.4, 0.5) is 0 Å². The molecule has 2 atom stereocenters. The molecule has 1 heterocycles. The lowest BCUT2D eigenvalue weighted by Gasteiger charge is -2.19. The topological polar surface area (TPSA) is 56.5 Å². The Morgan fingerprint density at radius 1 is 1.35 bits per heavy atom. The molecule has 0 bridgehead atoms. The zero-order valence-corrected chi connectivity index (χ0v) is 12.0. The second kappa shape index (κ2) is 5.08. The highest BCUT2D eigenvalue weighted by atomic mass is 16.5. The Kier molecular flexibility index (Phi) is 3.40. The van der Waals surface area contributed by atoms with Crippen LogP contribution in [-0.2, 0) is 22.4 Å². The van der Waals surface area contributed by atoms with E-state index in [2.05, 4.69) is 6.92 Å². The van der Waals surface area contributed by atoms with E-state index in [1.54, 1.807) is 0 Å². The van der Waals surface area contributed by atoms with Gasteiger partial charge in [0.25, 0.3) is 0 Å². The van der Waals surface area contributed by atoms with Crippen LogP contribution >= 0.6 is 0 Å². The fraction of sp³-hybridized carbons (Fsp3) is 0.625. The summed E-state index contributed by atoms with van der Waals surface area (Å²) in [4.78, 5) is 24.5. The van der Waals surface area contributed by atoms with Crippen molar-refractivity contribution in [3.05, 3.63) is 22.6 Å². The Bertz CT molecular complexity index is 555. The number of fused-ring (bicyclic) bond motifs is 3. The molecular formula is C16H20O4. The van der Waals surface area contributed by atoms with Crippen LogP contribution in [0.3, 0.4) is 0 Å². The minimum Gasteiger partial charge on any atom is -0.468 e. The summed E-state index contributed by atoms with van der Waals surface area (Å²) in [5.74, 6) is 0.0513. The maximum atomic E-state index is 12.5. The van der Waals surface area contributed by atoms with Gasteiger partial charge in [-0.25, -0.2) is 0 Å². The third-order valence-corrected chi connectivity index (χ3v) is 4.55. The Morgan fingerprint density at radius 3 is 2.80 bits per heavy atom. The van der Waals surface area contributed by atoms with Crippen LogP contribution in [0.15, 0.2) is 4.42 Å². The third kappa shape index (κ3) is 1.81. The number of hydrogen-bond donors (Lipinski definition) is 0. The van der Waals surface area contributed by atoms with Crippen LogP contribution < -0.4 is 0 Å². The van der Waals surface area contributed by atoms with Gasteiger partial charge in [-0.2, -0.15) is 0 Å². The highest BCUT2D eigenvalue weighted by molar-refractivity contribution is 6.12. The third-order valence-electron chi connectivity index (χ3n) is 4.55. The van der Waals surface area contributed by atoms with Gasteiger partial charge < -0.3 is 9.15 Å². The Balaban J connectivity index is 2.07. The average molecular weight is 276 g/mol. The maximum Gasteiger partial charge on any atom is 0.317 e. The van der Waals surface area contributed by atoms with Crippen molar-refractivity contribution >= 4 is 11.8 Å². The normalized spacial score (nSPS) is 24.4. The van der Waals surface area contributed by atoms with Crippen molar-refractivity contribution < 1.29 is 18.7 Å². The highest BCUT2D eigenvalue weighted by Gasteiger charge is 2.49. The number of aryl methyl sites for hydroxylation is 1. The van der Waals surface area contributed by atoms with E-state index in [0.717, 1.165) is 49.8 Å². The molecule has 0 spiro atoms. The van der Waals surface area contributed by atoms with E-state index in [1.807, 2.05) is 0 Å². The summed E-state index contributed by atoms with van der Waals surface area (Å²) in [7, 11) is 1.34. The fourth-order valence-electron chi connectivity index (χ4n) is 3.68. The number of rotatable bonds is 3. The van der Waals surface area contributed by atoms with E-state index < -0.39 is 11.9 Å². The molecule has 0 N–H and O–H groups in total. The van der Waals surface area contributed by atoms with E-state index >= 15 is 0 Å². The van der Waals surface area contributed by atoms with Gasteiger partial charge in [-0.05, 0) is 31.2 Å². The number of esters is 1. The molecule has 0 aliphatic heterocycles. The highest BCUT2D eigenvalue weighted by Crippen LogP contribution is 2.47. The van der Waals surface area contributed by atoms with Crippen molar-refractivity contribution in [1.82, 2.24) is 0 Å². The number of methoxy groups -OCH3 is 1. The molecule has 4 heteroatoms. The lowest BCUT2D eigenvalue weighted by Crippen LogP contribution is -2.26. The number of carbonyl (C=O) groups excluding carboxylic acids is 2. The Hall–Kier alpha value is -1.58. The van der Waals surface area contributed by atoms with Crippen LogP contribution in [0, 0.1) is 5.92 Å². The first-order chi connectivity index (χ1) is 9.69. The first-order valence-corrected chi connectivity index (χ1v) is 7.45. The summed E-state index contributed by atoms with van der Waals surface area (Å²) in [6.45, 7) is 2.07. The Morgan fingerprint density at radius 2 is 2.10 bits per heavy atom. The van der Waals surface area contributed by atoms with Crippen molar-refractivity contribution in [2.45, 2.75) is 51.4 Å². The molecule has 0 saturated heterocycles. The standard InChI is InChI=1S/C16H20O4/c1-3-6-10-12-9-7-4-5-8-11(9)20-15(12)14(17)13(10)16(18)19-2/h10,13H,3-8H2,1-2H3/t10-,13+/m0/s1. The van der Waals surface area contributed by atoms with Crippen LogP contribution in [-0.4, -0.2) is 18.9 Å². The zero-order chi connectivity index (χ0) is 14.3. The van der Waals surface area contributed by atoms with Gasteiger partial charge in [-0.1, -0.05) is 13.3 Å². The van der Waals surface area contributed by atoms with Gasteiger partial charge in [0.15, 0.2) is 5.76 Å². The van der Waals surface area contributed by atoms with E-state index in [9.17, 15) is 9.59 Å². The van der Waals surface area contributed by atoms with Crippen LogP contribution in [0.1, 0.15) is 66.0 Å². The zero-order valence-electron chi connectivity index (χ0n) is 12.0. The lowest BCUT2D eigenvalue weighted by molar-refractivity contribution is -0.144. The predicted octanol–water partition coefficient (Wildman–Crippen LogP) is 3.03. The minimum absolute atomic E-state index is 0.0550. The molecule has 0 radical (unpaired) electrons. The predicted molar refractivity (Wildman–Crippen MR) is 72.8 cm³/mol. The number of hydrogen-bond acceptors (Lipinski definition) is 4. The van der Waals surface area contributed by atoms with Crippen LogP contribution in [0.2, 0.25) is 0 Å². The second-order valence-electron chi connectivity index (χ2n) is 5.71. The molecule has 2 aliphatic carbocycles. The number of carbonyl (C=O) groups is 2. The molecule has 3 rings (SSSR count). The number of ketones is 1. The molecular weight excluding hydrogens is 256 g/mol. The average Bonchev–Trinajstić information content (AvgIpc) is 2.96. The second-order valence-corrected chi connectivity index (χ2v) is 5.71. The first kappa shape index (κ1) is 13.4. The smallest absolute Gasteiger partial charge is 0.317 e. The van der Waals surface area contributed by atoms with E-state index in [4.69, 9.17) is 9.15 Å². The summed E-state index contributed by atoms with van der Waals surface area (Å²) < 4.78 is 10.6. The molecule has 20 heavy (non-hydrogen) atoms. The maximum absolute atomic E-state index is 12.5. The van der Waals surface area contributed by atoms with Crippen molar-refractivity contribution in [3.8, 4) is 0 Å². The molecule has 1 aromatic heterocycles. The number of ether oxygens (including phenoxy) is 1. The monoisotopic (exact) mass is 276 g/mol. The van der Waals surface area contributed by atoms with E-state index in [1.165, 1.54) is 12.7 Å². The van der Waals surface area contributed by atoms with Gasteiger partial charge in [0, 0.05) is 17.9 Å². The van der Waals surface area contributed by atoms with E-state index in [-0.39, 0.29) is 11.7 Å². The van der Waals surface area contributed by atoms with Gasteiger partial charge in [-0.3, -0.25) is 9.59 Å². The molecule has 0 unspecified atom stereocenters. The summed E-state index contributed by atoms with van der Waals surface area (Å²) in [5.41, 5.74) is 2.21. The van der Waals surface area contributed by atoms with Gasteiger partial charge in [0.1, 0.15) is 11.7 Å². The molecule has 0 fully saturated rings. The van der Waals surface area contributed by atoms with Gasteiger partial charge in [0.2, 0.25) is 5.78 Å². The fourth-order valence-corrected chi connectivity index (χ4v) is 3.68. The van der Waals surface area contributed by atoms with Gasteiger partial charge in [0.05, 0.1) is 7.11 Å². The molecule has 0 aromatic carbocycles. The van der Waals surface area contributed by atoms with E-state index in [0.29, 0.717) is 5.76 Å². The lowest BCUT2D eigenvalue weighted by atomic mass is 9.84. The summed E-state index contributed by atoms with van der Waals surface area (Å²) in [6.07, 6.45) is 5.89. The number of Topliss-reactive ketones (excluding diaryl/α,β-unsaturated/α-hetero) is 1. The summed E-state index contributed by atoms with van der Waals surface area (Å²) in [6, 6.07) is 0. The Labute approximate surface area is 118 Å². The van der Waals surface area contributed by atoms with Crippen LogP contribution in [0.5, 0.6) is 0 Å². The molecule has 1 aromatic rings. The van der Waals surface area contributed by atoms with Crippen molar-refractivity contribution in [3.63, 3.8) is 0 Å². The number of furan rings is 1.